The Hall–Kier alpha value is -2.00. The number of rotatable bonds is 4. The van der Waals surface area contributed by atoms with Gasteiger partial charge in [0.2, 0.25) is 0 Å². The summed E-state index contributed by atoms with van der Waals surface area (Å²) in [6.45, 7) is 0.305. The van der Waals surface area contributed by atoms with Crippen molar-refractivity contribution in [3.63, 3.8) is 0 Å². The highest BCUT2D eigenvalue weighted by Gasteiger charge is 2.16. The molecule has 2 aromatic heterocycles. The molecule has 2 heterocycles. The van der Waals surface area contributed by atoms with Crippen molar-refractivity contribution in [2.45, 2.75) is 6.54 Å². The summed E-state index contributed by atoms with van der Waals surface area (Å²) >= 11 is 4.83. The first kappa shape index (κ1) is 14.4. The van der Waals surface area contributed by atoms with Gasteiger partial charge in [-0.15, -0.1) is 11.3 Å². The first-order chi connectivity index (χ1) is 9.49. The molecule has 0 aromatic carbocycles. The van der Waals surface area contributed by atoms with Crippen LogP contribution in [0.3, 0.4) is 0 Å². The molecule has 0 saturated heterocycles. The zero-order valence-electron chi connectivity index (χ0n) is 10.00. The van der Waals surface area contributed by atoms with E-state index < -0.39 is 10.8 Å². The first-order valence-electron chi connectivity index (χ1n) is 5.39. The van der Waals surface area contributed by atoms with Gasteiger partial charge in [0.15, 0.2) is 0 Å². The molecule has 2 aromatic rings. The molecule has 0 aliphatic rings. The number of nitrogens with one attached hydrogen (secondary N) is 1. The lowest BCUT2D eigenvalue weighted by atomic mass is 10.2. The van der Waals surface area contributed by atoms with E-state index in [1.54, 1.807) is 0 Å². The van der Waals surface area contributed by atoms with Crippen LogP contribution < -0.4 is 11.1 Å². The van der Waals surface area contributed by atoms with Crippen molar-refractivity contribution in [1.29, 1.82) is 0 Å². The van der Waals surface area contributed by atoms with Crippen molar-refractivity contribution in [1.82, 2.24) is 10.3 Å². The molecule has 3 N–H and O–H groups in total. The lowest BCUT2D eigenvalue weighted by molar-refractivity contribution is -0.385. The van der Waals surface area contributed by atoms with Crippen molar-refractivity contribution in [2.24, 2.45) is 0 Å². The highest BCUT2D eigenvalue weighted by Crippen LogP contribution is 2.22. The Morgan fingerprint density at radius 1 is 1.60 bits per heavy atom. The topological polar surface area (TPSA) is 111 Å². The van der Waals surface area contributed by atoms with Gasteiger partial charge in [-0.05, 0) is 27.4 Å². The van der Waals surface area contributed by atoms with E-state index in [0.717, 1.165) is 21.6 Å². The summed E-state index contributed by atoms with van der Waals surface area (Å²) in [5.74, 6) is -0.544. The van der Waals surface area contributed by atoms with Crippen molar-refractivity contribution in [2.75, 3.05) is 5.73 Å². The number of nitrogen functional groups attached to an aromatic ring is 1. The minimum absolute atomic E-state index is 0.00752. The van der Waals surface area contributed by atoms with Gasteiger partial charge in [0, 0.05) is 15.4 Å². The van der Waals surface area contributed by atoms with Gasteiger partial charge in [0.25, 0.3) is 11.6 Å². The Kier molecular flexibility index (Phi) is 4.30. The number of amides is 1. The number of anilines is 1. The minimum atomic E-state index is -0.626. The lowest BCUT2D eigenvalue weighted by Gasteiger charge is -2.06. The second-order valence-corrected chi connectivity index (χ2v) is 5.61. The Bertz CT molecular complexity index is 673. The third-order valence-electron chi connectivity index (χ3n) is 2.46. The number of carbonyl (C=O) groups excluding carboxylic acids is 1. The molecule has 1 amide bonds. The number of halogens is 1. The smallest absolute Gasteiger partial charge is 0.288 e. The van der Waals surface area contributed by atoms with E-state index in [2.05, 4.69) is 26.2 Å². The summed E-state index contributed by atoms with van der Waals surface area (Å²) in [6, 6.07) is 2.98. The third kappa shape index (κ3) is 3.11. The van der Waals surface area contributed by atoms with Crippen LogP contribution in [0.2, 0.25) is 0 Å². The normalized spacial score (nSPS) is 10.2. The van der Waals surface area contributed by atoms with E-state index in [4.69, 9.17) is 5.73 Å². The zero-order valence-corrected chi connectivity index (χ0v) is 12.4. The molecule has 20 heavy (non-hydrogen) atoms. The second-order valence-electron chi connectivity index (χ2n) is 3.76. The summed E-state index contributed by atoms with van der Waals surface area (Å²) in [6.07, 6.45) is 1.02. The van der Waals surface area contributed by atoms with E-state index in [0.29, 0.717) is 6.54 Å². The van der Waals surface area contributed by atoms with E-state index in [1.807, 2.05) is 11.4 Å². The molecule has 0 bridgehead atoms. The van der Waals surface area contributed by atoms with Gasteiger partial charge in [-0.25, -0.2) is 4.98 Å². The molecular formula is C11H9BrN4O3S. The Morgan fingerprint density at radius 3 is 2.95 bits per heavy atom. The van der Waals surface area contributed by atoms with Crippen LogP contribution in [0.15, 0.2) is 28.2 Å². The SMILES string of the molecule is Nc1ncc([N+](=O)[O-])cc1C(=O)NCc1sccc1Br. The van der Waals surface area contributed by atoms with Crippen molar-refractivity contribution in [3.05, 3.63) is 48.7 Å². The van der Waals surface area contributed by atoms with Crippen LogP contribution in [-0.4, -0.2) is 15.8 Å². The third-order valence-corrected chi connectivity index (χ3v) is 4.39. The number of pyridine rings is 1. The molecule has 0 aliphatic heterocycles. The Labute approximate surface area is 126 Å². The van der Waals surface area contributed by atoms with Crippen LogP contribution in [0.1, 0.15) is 15.2 Å². The molecule has 7 nitrogen and oxygen atoms in total. The van der Waals surface area contributed by atoms with Crippen molar-refractivity contribution >= 4 is 44.7 Å². The van der Waals surface area contributed by atoms with E-state index in [1.165, 1.54) is 11.3 Å². The van der Waals surface area contributed by atoms with Crippen LogP contribution in [0.25, 0.3) is 0 Å². The van der Waals surface area contributed by atoms with Gasteiger partial charge in [-0.3, -0.25) is 14.9 Å². The number of nitrogens with zero attached hydrogens (tertiary/aromatic N) is 2. The molecule has 0 spiro atoms. The predicted molar refractivity (Wildman–Crippen MR) is 78.5 cm³/mol. The molecule has 0 radical (unpaired) electrons. The summed E-state index contributed by atoms with van der Waals surface area (Å²) in [5, 5.41) is 15.2. The van der Waals surface area contributed by atoms with Gasteiger partial charge < -0.3 is 11.1 Å². The molecule has 0 fully saturated rings. The number of thiophene rings is 1. The van der Waals surface area contributed by atoms with Gasteiger partial charge in [0.05, 0.1) is 17.0 Å². The van der Waals surface area contributed by atoms with Gasteiger partial charge in [-0.2, -0.15) is 0 Å². The van der Waals surface area contributed by atoms with Crippen LogP contribution in [0.5, 0.6) is 0 Å². The van der Waals surface area contributed by atoms with E-state index in [-0.39, 0.29) is 17.1 Å². The maximum atomic E-state index is 12.0. The molecule has 0 aliphatic carbocycles. The lowest BCUT2D eigenvalue weighted by Crippen LogP contribution is -2.24. The van der Waals surface area contributed by atoms with Crippen LogP contribution >= 0.6 is 27.3 Å². The average molecular weight is 357 g/mol. The molecular weight excluding hydrogens is 348 g/mol. The fourth-order valence-electron chi connectivity index (χ4n) is 1.45. The van der Waals surface area contributed by atoms with Crippen LogP contribution in [0.4, 0.5) is 11.5 Å². The minimum Gasteiger partial charge on any atom is -0.383 e. The highest BCUT2D eigenvalue weighted by atomic mass is 79.9. The Morgan fingerprint density at radius 2 is 2.35 bits per heavy atom. The van der Waals surface area contributed by atoms with Gasteiger partial charge >= 0.3 is 0 Å². The predicted octanol–water partition coefficient (Wildman–Crippen LogP) is 2.33. The standard InChI is InChI=1S/C11H9BrN4O3S/c12-8-1-2-20-9(8)5-15-11(17)7-3-6(16(18)19)4-14-10(7)13/h1-4H,5H2,(H2,13,14)(H,15,17). The van der Waals surface area contributed by atoms with Crippen LogP contribution in [0, 0.1) is 10.1 Å². The molecule has 9 heteroatoms. The molecule has 0 atom stereocenters. The second kappa shape index (κ2) is 5.97. The first-order valence-corrected chi connectivity index (χ1v) is 7.06. The average Bonchev–Trinajstić information content (AvgIpc) is 2.81. The zero-order chi connectivity index (χ0) is 14.7. The Balaban J connectivity index is 2.15. The maximum absolute atomic E-state index is 12.0. The summed E-state index contributed by atoms with van der Waals surface area (Å²) in [4.78, 5) is 26.6. The number of carbonyl (C=O) groups is 1. The summed E-state index contributed by atoms with van der Waals surface area (Å²) in [5.41, 5.74) is 5.28. The monoisotopic (exact) mass is 356 g/mol. The maximum Gasteiger partial charge on any atom is 0.288 e. The number of aromatic nitrogens is 1. The van der Waals surface area contributed by atoms with Gasteiger partial charge in [-0.1, -0.05) is 0 Å². The van der Waals surface area contributed by atoms with E-state index in [9.17, 15) is 14.9 Å². The largest absolute Gasteiger partial charge is 0.383 e. The number of nitrogens with two attached hydrogens (primary N) is 1. The van der Waals surface area contributed by atoms with Crippen molar-refractivity contribution < 1.29 is 9.72 Å². The summed E-state index contributed by atoms with van der Waals surface area (Å²) < 4.78 is 0.896. The highest BCUT2D eigenvalue weighted by molar-refractivity contribution is 9.10. The molecule has 0 saturated carbocycles. The van der Waals surface area contributed by atoms with Crippen molar-refractivity contribution in [3.8, 4) is 0 Å². The number of nitro groups is 1. The number of hydrogen-bond acceptors (Lipinski definition) is 6. The van der Waals surface area contributed by atoms with E-state index >= 15 is 0 Å². The van der Waals surface area contributed by atoms with Crippen LogP contribution in [-0.2, 0) is 6.54 Å². The summed E-state index contributed by atoms with van der Waals surface area (Å²) in [7, 11) is 0. The molecule has 0 unspecified atom stereocenters. The quantitative estimate of drug-likeness (QED) is 0.644. The fraction of sp³-hybridized carbons (Fsp3) is 0.0909. The fourth-order valence-corrected chi connectivity index (χ4v) is 2.89. The molecule has 104 valence electrons. The number of hydrogen-bond donors (Lipinski definition) is 2. The molecule has 2 rings (SSSR count). The van der Waals surface area contributed by atoms with Gasteiger partial charge in [0.1, 0.15) is 12.0 Å².